The van der Waals surface area contributed by atoms with Gasteiger partial charge in [0.1, 0.15) is 0 Å². The van der Waals surface area contributed by atoms with Crippen LogP contribution in [0.1, 0.15) is 128 Å². The average Bonchev–Trinajstić information content (AvgIpc) is 3.25. The number of alkyl halides is 1. The molecule has 29 heavy (non-hydrogen) atoms. The van der Waals surface area contributed by atoms with Gasteiger partial charge in [0, 0.05) is 5.88 Å². The number of hydrogen-bond donors (Lipinski definition) is 0. The van der Waals surface area contributed by atoms with Crippen molar-refractivity contribution in [2.75, 3.05) is 19.1 Å². The number of halogens is 1. The first-order valence-electron chi connectivity index (χ1n) is 12.9. The minimum atomic E-state index is 0.101. The molecule has 0 radical (unpaired) electrons. The molecule has 0 aromatic heterocycles. The molecular formula is C26H49ClO2. The van der Waals surface area contributed by atoms with E-state index < -0.39 is 0 Å². The molecule has 0 amide bonds. The number of hydrogen-bond acceptors (Lipinski definition) is 2. The van der Waals surface area contributed by atoms with Crippen molar-refractivity contribution in [2.24, 2.45) is 0 Å². The minimum Gasteiger partial charge on any atom is -0.350 e. The summed E-state index contributed by atoms with van der Waals surface area (Å²) in [6.07, 6.45) is 31.9. The fourth-order valence-corrected chi connectivity index (χ4v) is 4.23. The van der Waals surface area contributed by atoms with Crippen molar-refractivity contribution in [3.8, 4) is 0 Å². The Morgan fingerprint density at radius 1 is 0.517 bits per heavy atom. The molecule has 0 spiro atoms. The molecule has 1 rings (SSSR count). The Morgan fingerprint density at radius 2 is 0.897 bits per heavy atom. The van der Waals surface area contributed by atoms with Gasteiger partial charge in [0.15, 0.2) is 6.29 Å². The number of rotatable bonds is 22. The van der Waals surface area contributed by atoms with E-state index in [2.05, 4.69) is 12.2 Å². The van der Waals surface area contributed by atoms with E-state index in [9.17, 15) is 0 Å². The first-order valence-corrected chi connectivity index (χ1v) is 13.4. The zero-order valence-electron chi connectivity index (χ0n) is 19.2. The van der Waals surface area contributed by atoms with E-state index in [1.807, 2.05) is 0 Å². The van der Waals surface area contributed by atoms with E-state index in [-0.39, 0.29) is 6.29 Å². The van der Waals surface area contributed by atoms with E-state index in [4.69, 9.17) is 21.1 Å². The lowest BCUT2D eigenvalue weighted by molar-refractivity contribution is -0.0480. The van der Waals surface area contributed by atoms with Crippen molar-refractivity contribution in [3.63, 3.8) is 0 Å². The molecule has 0 bridgehead atoms. The van der Waals surface area contributed by atoms with Gasteiger partial charge >= 0.3 is 0 Å². The predicted octanol–water partition coefficient (Wildman–Crippen LogP) is 8.96. The third-order valence-corrected chi connectivity index (χ3v) is 6.19. The Kier molecular flexibility index (Phi) is 21.1. The van der Waals surface area contributed by atoms with Crippen LogP contribution in [0.15, 0.2) is 12.2 Å². The van der Waals surface area contributed by atoms with Crippen LogP contribution in [-0.4, -0.2) is 25.4 Å². The quantitative estimate of drug-likeness (QED) is 0.0972. The number of allylic oxidation sites excluding steroid dienone is 2. The van der Waals surface area contributed by atoms with Gasteiger partial charge in [0.2, 0.25) is 0 Å². The van der Waals surface area contributed by atoms with Crippen molar-refractivity contribution >= 4 is 11.6 Å². The molecule has 172 valence electrons. The van der Waals surface area contributed by atoms with Gasteiger partial charge < -0.3 is 9.47 Å². The van der Waals surface area contributed by atoms with Crippen LogP contribution < -0.4 is 0 Å². The Balaban J connectivity index is 1.66. The predicted molar refractivity (Wildman–Crippen MR) is 128 cm³/mol. The summed E-state index contributed by atoms with van der Waals surface area (Å²) in [4.78, 5) is 0. The maximum atomic E-state index is 5.70. The maximum Gasteiger partial charge on any atom is 0.157 e. The second-order valence-electron chi connectivity index (χ2n) is 8.71. The van der Waals surface area contributed by atoms with Gasteiger partial charge in [-0.1, -0.05) is 95.6 Å². The lowest BCUT2D eigenvalue weighted by Gasteiger charge is -2.08. The van der Waals surface area contributed by atoms with Gasteiger partial charge in [-0.15, -0.1) is 11.6 Å². The second-order valence-corrected chi connectivity index (χ2v) is 9.09. The van der Waals surface area contributed by atoms with E-state index in [1.54, 1.807) is 0 Å². The molecule has 0 saturated carbocycles. The molecule has 1 saturated heterocycles. The third-order valence-electron chi connectivity index (χ3n) is 5.92. The lowest BCUT2D eigenvalue weighted by Crippen LogP contribution is -2.06. The normalized spacial score (nSPS) is 15.1. The fraction of sp³-hybridized carbons (Fsp3) is 0.923. The third kappa shape index (κ3) is 19.6. The van der Waals surface area contributed by atoms with Crippen LogP contribution >= 0.6 is 11.6 Å². The van der Waals surface area contributed by atoms with Crippen LogP contribution in [0.2, 0.25) is 0 Å². The summed E-state index contributed by atoms with van der Waals surface area (Å²) in [5.41, 5.74) is 0. The molecule has 0 aromatic rings. The summed E-state index contributed by atoms with van der Waals surface area (Å²) in [6.45, 7) is 1.58. The van der Waals surface area contributed by atoms with Crippen LogP contribution in [0.4, 0.5) is 0 Å². The first-order chi connectivity index (χ1) is 14.4. The van der Waals surface area contributed by atoms with Gasteiger partial charge in [-0.25, -0.2) is 0 Å². The van der Waals surface area contributed by atoms with Gasteiger partial charge in [0.25, 0.3) is 0 Å². The van der Waals surface area contributed by atoms with Crippen molar-refractivity contribution in [1.82, 2.24) is 0 Å². The van der Waals surface area contributed by atoms with Gasteiger partial charge in [-0.05, 0) is 44.9 Å². The smallest absolute Gasteiger partial charge is 0.157 e. The molecule has 1 aliphatic heterocycles. The molecule has 1 aliphatic rings. The van der Waals surface area contributed by atoms with Crippen LogP contribution in [0.5, 0.6) is 0 Å². The van der Waals surface area contributed by atoms with Crippen LogP contribution in [0.25, 0.3) is 0 Å². The highest BCUT2D eigenvalue weighted by molar-refractivity contribution is 6.17. The van der Waals surface area contributed by atoms with Crippen molar-refractivity contribution in [2.45, 2.75) is 135 Å². The molecule has 0 atom stereocenters. The molecule has 0 N–H and O–H groups in total. The van der Waals surface area contributed by atoms with Gasteiger partial charge in [0.05, 0.1) is 13.2 Å². The zero-order chi connectivity index (χ0) is 20.7. The highest BCUT2D eigenvalue weighted by Gasteiger charge is 2.14. The summed E-state index contributed by atoms with van der Waals surface area (Å²) >= 11 is 5.70. The molecule has 1 fully saturated rings. The van der Waals surface area contributed by atoms with Crippen molar-refractivity contribution < 1.29 is 9.47 Å². The maximum absolute atomic E-state index is 5.70. The summed E-state index contributed by atoms with van der Waals surface area (Å²) in [5.74, 6) is 0.835. The van der Waals surface area contributed by atoms with E-state index in [0.717, 1.165) is 25.5 Å². The first kappa shape index (κ1) is 27.0. The Labute approximate surface area is 187 Å². The number of unbranched alkanes of at least 4 members (excludes halogenated alkanes) is 17. The summed E-state index contributed by atoms with van der Waals surface area (Å²) in [6, 6.07) is 0. The topological polar surface area (TPSA) is 18.5 Å². The van der Waals surface area contributed by atoms with Crippen LogP contribution in [0, 0.1) is 0 Å². The minimum absolute atomic E-state index is 0.101. The Hall–Kier alpha value is -0.0500. The molecular weight excluding hydrogens is 380 g/mol. The lowest BCUT2D eigenvalue weighted by atomic mass is 10.1. The summed E-state index contributed by atoms with van der Waals surface area (Å²) in [5, 5.41) is 0. The fourth-order valence-electron chi connectivity index (χ4n) is 4.04. The summed E-state index contributed by atoms with van der Waals surface area (Å²) in [7, 11) is 0. The Morgan fingerprint density at radius 3 is 1.34 bits per heavy atom. The van der Waals surface area contributed by atoms with Crippen LogP contribution in [0.3, 0.4) is 0 Å². The Bertz CT molecular complexity index is 340. The average molecular weight is 429 g/mol. The summed E-state index contributed by atoms with van der Waals surface area (Å²) < 4.78 is 10.9. The van der Waals surface area contributed by atoms with Crippen molar-refractivity contribution in [3.05, 3.63) is 12.2 Å². The largest absolute Gasteiger partial charge is 0.350 e. The second kappa shape index (κ2) is 22.6. The molecule has 3 heteroatoms. The number of ether oxygens (including phenoxy) is 2. The monoisotopic (exact) mass is 428 g/mol. The zero-order valence-corrected chi connectivity index (χ0v) is 19.9. The van der Waals surface area contributed by atoms with Gasteiger partial charge in [-0.3, -0.25) is 0 Å². The molecule has 0 aliphatic carbocycles. The SMILES string of the molecule is ClCCCCCCCCCCC/C=C/CCCCCCCCCCC1OCCO1. The highest BCUT2D eigenvalue weighted by atomic mass is 35.5. The highest BCUT2D eigenvalue weighted by Crippen LogP contribution is 2.15. The molecule has 0 aromatic carbocycles. The van der Waals surface area contributed by atoms with Crippen LogP contribution in [-0.2, 0) is 9.47 Å². The van der Waals surface area contributed by atoms with E-state index in [0.29, 0.717) is 0 Å². The van der Waals surface area contributed by atoms with E-state index >= 15 is 0 Å². The molecule has 1 heterocycles. The molecule has 2 nitrogen and oxygen atoms in total. The standard InChI is InChI=1S/C26H49ClO2/c27-23-21-19-17-15-13-11-9-7-5-3-1-2-4-6-8-10-12-14-16-18-20-22-26-28-24-25-29-26/h1-2,26H,3-25H2/b2-1+. The van der Waals surface area contributed by atoms with E-state index in [1.165, 1.54) is 122 Å². The molecule has 0 unspecified atom stereocenters. The van der Waals surface area contributed by atoms with Crippen molar-refractivity contribution in [1.29, 1.82) is 0 Å². The van der Waals surface area contributed by atoms with Gasteiger partial charge in [-0.2, -0.15) is 0 Å².